The Morgan fingerprint density at radius 2 is 1.69 bits per heavy atom. The van der Waals surface area contributed by atoms with Gasteiger partial charge in [-0.1, -0.05) is 0 Å². The summed E-state index contributed by atoms with van der Waals surface area (Å²) in [6.45, 7) is 12.3. The van der Waals surface area contributed by atoms with Gasteiger partial charge in [0, 0.05) is 22.6 Å². The van der Waals surface area contributed by atoms with Crippen molar-refractivity contribution >= 4 is 17.0 Å². The molecule has 210 valence electrons. The fraction of sp³-hybridized carbons (Fsp3) is 0.552. The van der Waals surface area contributed by atoms with Crippen LogP contribution in [0.5, 0.6) is 5.75 Å². The fourth-order valence-electron chi connectivity index (χ4n) is 4.81. The van der Waals surface area contributed by atoms with E-state index in [9.17, 15) is 0 Å². The number of nitrogens with zero attached hydrogens (tertiary/aromatic N) is 4. The number of aliphatic imine (C=N–C) groups is 1. The quantitative estimate of drug-likeness (QED) is 0.287. The number of aryl methyl sites for hydroxylation is 2. The fourth-order valence-corrected chi connectivity index (χ4v) is 6.02. The van der Waals surface area contributed by atoms with E-state index in [-0.39, 0.29) is 12.3 Å². The number of hydrogen-bond donors (Lipinski definition) is 0. The first kappa shape index (κ1) is 27.9. The van der Waals surface area contributed by atoms with E-state index in [0.717, 1.165) is 58.7 Å². The minimum absolute atomic E-state index is 0.0677. The normalized spacial score (nSPS) is 18.8. The first-order valence-corrected chi connectivity index (χ1v) is 14.6. The third kappa shape index (κ3) is 6.58. The smallest absolute Gasteiger partial charge is 0.162 e. The summed E-state index contributed by atoms with van der Waals surface area (Å²) in [5.41, 5.74) is 4.44. The Labute approximate surface area is 234 Å². The number of thiophene rings is 1. The van der Waals surface area contributed by atoms with Gasteiger partial charge in [0.25, 0.3) is 0 Å². The molecule has 0 N–H and O–H groups in total. The standard InChI is InChI=1S/C29H38N4O5S/c1-19-21(3)39-29-26(19)27(30-20(2)28-32-31-22(4)33(28)29)23-8-10-24(11-9-23)36-17-15-34-13-14-35-16-18-38-25-7-5-6-12-37-25/h8-11,20,25H,5-7,12-18H2,1-4H3/t20-,25?/m0/s1. The molecule has 0 aliphatic carbocycles. The summed E-state index contributed by atoms with van der Waals surface area (Å²) in [7, 11) is 0. The highest BCUT2D eigenvalue weighted by atomic mass is 32.1. The molecule has 0 spiro atoms. The number of aromatic nitrogens is 3. The van der Waals surface area contributed by atoms with E-state index in [1.165, 1.54) is 16.9 Å². The average Bonchev–Trinajstić information content (AvgIpc) is 3.43. The van der Waals surface area contributed by atoms with Crippen LogP contribution in [0.4, 0.5) is 0 Å². The molecule has 1 saturated heterocycles. The van der Waals surface area contributed by atoms with Crippen LogP contribution in [0, 0.1) is 20.8 Å². The maximum Gasteiger partial charge on any atom is 0.162 e. The topological polar surface area (TPSA) is 89.2 Å². The predicted octanol–water partition coefficient (Wildman–Crippen LogP) is 5.12. The molecule has 0 bridgehead atoms. The second-order valence-electron chi connectivity index (χ2n) is 9.82. The summed E-state index contributed by atoms with van der Waals surface area (Å²) in [6, 6.07) is 8.03. The molecule has 0 saturated carbocycles. The first-order valence-electron chi connectivity index (χ1n) is 13.7. The maximum atomic E-state index is 5.90. The van der Waals surface area contributed by atoms with Gasteiger partial charge < -0.3 is 23.7 Å². The molecule has 0 amide bonds. The van der Waals surface area contributed by atoms with E-state index >= 15 is 0 Å². The van der Waals surface area contributed by atoms with Crippen molar-refractivity contribution < 1.29 is 23.7 Å². The molecule has 39 heavy (non-hydrogen) atoms. The molecular weight excluding hydrogens is 516 g/mol. The van der Waals surface area contributed by atoms with Crippen LogP contribution in [0.15, 0.2) is 29.3 Å². The van der Waals surface area contributed by atoms with Crippen molar-refractivity contribution in [1.82, 2.24) is 14.8 Å². The average molecular weight is 555 g/mol. The van der Waals surface area contributed by atoms with Crippen molar-refractivity contribution in [3.8, 4) is 10.8 Å². The van der Waals surface area contributed by atoms with Crippen molar-refractivity contribution in [2.75, 3.05) is 46.2 Å². The largest absolute Gasteiger partial charge is 0.491 e. The summed E-state index contributed by atoms with van der Waals surface area (Å²) in [5.74, 6) is 2.55. The van der Waals surface area contributed by atoms with Crippen LogP contribution in [-0.4, -0.2) is 73.0 Å². The molecule has 5 rings (SSSR count). The summed E-state index contributed by atoms with van der Waals surface area (Å²) in [6.07, 6.45) is 3.20. The zero-order valence-electron chi connectivity index (χ0n) is 23.3. The molecule has 4 heterocycles. The lowest BCUT2D eigenvalue weighted by atomic mass is 9.99. The third-order valence-corrected chi connectivity index (χ3v) is 8.21. The minimum Gasteiger partial charge on any atom is -0.491 e. The van der Waals surface area contributed by atoms with Crippen LogP contribution in [0.3, 0.4) is 0 Å². The van der Waals surface area contributed by atoms with Crippen LogP contribution in [-0.2, 0) is 18.9 Å². The van der Waals surface area contributed by atoms with E-state index in [0.29, 0.717) is 39.6 Å². The van der Waals surface area contributed by atoms with E-state index in [1.807, 2.05) is 19.1 Å². The molecule has 2 atom stereocenters. The highest BCUT2D eigenvalue weighted by Gasteiger charge is 2.29. The van der Waals surface area contributed by atoms with Crippen LogP contribution in [0.25, 0.3) is 5.00 Å². The molecule has 1 unspecified atom stereocenters. The second kappa shape index (κ2) is 13.1. The van der Waals surface area contributed by atoms with E-state index in [1.54, 1.807) is 11.3 Å². The lowest BCUT2D eigenvalue weighted by molar-refractivity contribution is -0.169. The summed E-state index contributed by atoms with van der Waals surface area (Å²) in [5, 5.41) is 9.89. The van der Waals surface area contributed by atoms with Gasteiger partial charge in [0.2, 0.25) is 0 Å². The van der Waals surface area contributed by atoms with Gasteiger partial charge >= 0.3 is 0 Å². The molecule has 3 aromatic rings. The van der Waals surface area contributed by atoms with Gasteiger partial charge in [-0.2, -0.15) is 0 Å². The van der Waals surface area contributed by atoms with Gasteiger partial charge in [-0.3, -0.25) is 9.56 Å². The predicted molar refractivity (Wildman–Crippen MR) is 151 cm³/mol. The number of ether oxygens (including phenoxy) is 5. The van der Waals surface area contributed by atoms with E-state index in [2.05, 4.69) is 47.7 Å². The Kier molecular flexibility index (Phi) is 9.41. The highest BCUT2D eigenvalue weighted by molar-refractivity contribution is 7.15. The Balaban J connectivity index is 1.08. The lowest BCUT2D eigenvalue weighted by Gasteiger charge is -2.22. The van der Waals surface area contributed by atoms with Crippen molar-refractivity contribution in [3.63, 3.8) is 0 Å². The summed E-state index contributed by atoms with van der Waals surface area (Å²) < 4.78 is 30.5. The van der Waals surface area contributed by atoms with Gasteiger partial charge in [-0.25, -0.2) is 0 Å². The molecule has 2 aliphatic rings. The minimum atomic E-state index is -0.101. The first-order chi connectivity index (χ1) is 19.0. The van der Waals surface area contributed by atoms with Gasteiger partial charge in [0.15, 0.2) is 12.1 Å². The van der Waals surface area contributed by atoms with Gasteiger partial charge in [-0.15, -0.1) is 21.5 Å². The molecule has 1 fully saturated rings. The number of rotatable bonds is 12. The molecule has 0 radical (unpaired) electrons. The van der Waals surface area contributed by atoms with Crippen LogP contribution < -0.4 is 4.74 Å². The van der Waals surface area contributed by atoms with E-state index < -0.39 is 0 Å². The van der Waals surface area contributed by atoms with Crippen molar-refractivity contribution in [2.24, 2.45) is 4.99 Å². The van der Waals surface area contributed by atoms with Gasteiger partial charge in [0.1, 0.15) is 29.2 Å². The molecule has 2 aromatic heterocycles. The van der Waals surface area contributed by atoms with Crippen molar-refractivity contribution in [1.29, 1.82) is 0 Å². The molecule has 9 nitrogen and oxygen atoms in total. The molecule has 1 aromatic carbocycles. The molecule has 10 heteroatoms. The Bertz CT molecular complexity index is 1260. The van der Waals surface area contributed by atoms with Crippen LogP contribution in [0.1, 0.15) is 65.4 Å². The van der Waals surface area contributed by atoms with Crippen molar-refractivity contribution in [2.45, 2.75) is 59.3 Å². The van der Waals surface area contributed by atoms with Gasteiger partial charge in [-0.05, 0) is 76.8 Å². The highest BCUT2D eigenvalue weighted by Crippen LogP contribution is 2.38. The zero-order valence-corrected chi connectivity index (χ0v) is 24.1. The maximum absolute atomic E-state index is 5.90. The Hall–Kier alpha value is -2.63. The summed E-state index contributed by atoms with van der Waals surface area (Å²) >= 11 is 1.77. The number of benzene rings is 1. The van der Waals surface area contributed by atoms with Gasteiger partial charge in [0.05, 0.1) is 38.7 Å². The zero-order chi connectivity index (χ0) is 27.2. The van der Waals surface area contributed by atoms with E-state index in [4.69, 9.17) is 28.7 Å². The second-order valence-corrected chi connectivity index (χ2v) is 11.0. The SMILES string of the molecule is Cc1sc2c(c1C)C(c1ccc(OCCOCCOCCOC3CCCCO3)cc1)=N[C@@H](C)c1nnc(C)n1-2. The number of hydrogen-bond acceptors (Lipinski definition) is 9. The number of fused-ring (bicyclic) bond motifs is 3. The Morgan fingerprint density at radius 1 is 0.949 bits per heavy atom. The molecule has 2 aliphatic heterocycles. The summed E-state index contributed by atoms with van der Waals surface area (Å²) in [4.78, 5) is 6.38. The van der Waals surface area contributed by atoms with Crippen molar-refractivity contribution in [3.05, 3.63) is 57.5 Å². The van der Waals surface area contributed by atoms with Crippen LogP contribution >= 0.6 is 11.3 Å². The third-order valence-electron chi connectivity index (χ3n) is 7.02. The molecular formula is C29H38N4O5S. The Morgan fingerprint density at radius 3 is 2.44 bits per heavy atom. The lowest BCUT2D eigenvalue weighted by Crippen LogP contribution is -2.24. The van der Waals surface area contributed by atoms with Crippen LogP contribution in [0.2, 0.25) is 0 Å². The monoisotopic (exact) mass is 554 g/mol.